The first-order chi connectivity index (χ1) is 12.5. The summed E-state index contributed by atoms with van der Waals surface area (Å²) in [6, 6.07) is 12.4. The molecule has 26 heavy (non-hydrogen) atoms. The molecule has 1 heterocycles. The lowest BCUT2D eigenvalue weighted by molar-refractivity contribution is -0.118. The van der Waals surface area contributed by atoms with Crippen LogP contribution in [0.25, 0.3) is 16.3 Å². The third kappa shape index (κ3) is 3.92. The molecule has 1 N–H and O–H groups in total. The molecule has 2 aromatic carbocycles. The van der Waals surface area contributed by atoms with Crippen molar-refractivity contribution in [3.63, 3.8) is 0 Å². The largest absolute Gasteiger partial charge is 0.496 e. The number of nitrogens with one attached hydrogen (secondary N) is 1. The van der Waals surface area contributed by atoms with Crippen LogP contribution in [-0.4, -0.2) is 23.8 Å². The van der Waals surface area contributed by atoms with Crippen LogP contribution < -0.4 is 10.1 Å². The first-order valence-corrected chi connectivity index (χ1v) is 8.90. The highest BCUT2D eigenvalue weighted by Crippen LogP contribution is 2.29. The second-order valence-electron chi connectivity index (χ2n) is 5.44. The summed E-state index contributed by atoms with van der Waals surface area (Å²) in [7, 11) is 1.53. The lowest BCUT2D eigenvalue weighted by atomic mass is 10.1. The van der Waals surface area contributed by atoms with E-state index >= 15 is 0 Å². The van der Waals surface area contributed by atoms with E-state index in [9.17, 15) is 9.59 Å². The monoisotopic (exact) mass is 386 g/mol. The number of ketones is 1. The van der Waals surface area contributed by atoms with Gasteiger partial charge in [0.05, 0.1) is 22.9 Å². The van der Waals surface area contributed by atoms with Gasteiger partial charge in [-0.1, -0.05) is 41.1 Å². The van der Waals surface area contributed by atoms with Crippen molar-refractivity contribution in [1.82, 2.24) is 4.98 Å². The first kappa shape index (κ1) is 18.1. The van der Waals surface area contributed by atoms with Gasteiger partial charge in [0, 0.05) is 10.6 Å². The number of nitrogens with zero attached hydrogens (tertiary/aromatic N) is 1. The fraction of sp³-hybridized carbons (Fsp3) is 0.105. The summed E-state index contributed by atoms with van der Waals surface area (Å²) < 4.78 is 6.12. The molecule has 0 aliphatic rings. The van der Waals surface area contributed by atoms with Crippen molar-refractivity contribution in [1.29, 1.82) is 0 Å². The Balaban J connectivity index is 1.91. The third-order valence-corrected chi connectivity index (χ3v) is 4.80. The Morgan fingerprint density at radius 1 is 1.23 bits per heavy atom. The minimum atomic E-state index is -0.520. The number of fused-ring (bicyclic) bond motifs is 1. The van der Waals surface area contributed by atoms with Crippen LogP contribution in [0.4, 0.5) is 5.13 Å². The van der Waals surface area contributed by atoms with Gasteiger partial charge < -0.3 is 4.74 Å². The normalized spacial score (nSPS) is 11.4. The van der Waals surface area contributed by atoms with E-state index in [2.05, 4.69) is 10.3 Å². The minimum absolute atomic E-state index is 0.0202. The van der Waals surface area contributed by atoms with Crippen LogP contribution in [0.1, 0.15) is 12.5 Å². The Morgan fingerprint density at radius 2 is 2.00 bits per heavy atom. The maximum absolute atomic E-state index is 12.6. The van der Waals surface area contributed by atoms with E-state index in [1.165, 1.54) is 31.4 Å². The summed E-state index contributed by atoms with van der Waals surface area (Å²) in [5.41, 5.74) is 1.39. The highest BCUT2D eigenvalue weighted by atomic mass is 35.5. The number of carbonyl (C=O) groups excluding carboxylic acids is 2. The van der Waals surface area contributed by atoms with Gasteiger partial charge in [0.2, 0.25) is 0 Å². The zero-order chi connectivity index (χ0) is 18.7. The number of benzene rings is 2. The molecular weight excluding hydrogens is 372 g/mol. The lowest BCUT2D eigenvalue weighted by Gasteiger charge is -2.07. The molecule has 0 fully saturated rings. The smallest absolute Gasteiger partial charge is 0.261 e. The van der Waals surface area contributed by atoms with Gasteiger partial charge in [-0.15, -0.1) is 0 Å². The van der Waals surface area contributed by atoms with Crippen LogP contribution in [-0.2, 0) is 9.59 Å². The molecular formula is C19H15ClN2O3S. The van der Waals surface area contributed by atoms with Crippen molar-refractivity contribution in [2.24, 2.45) is 0 Å². The molecule has 0 bridgehead atoms. The maximum atomic E-state index is 12.6. The average molecular weight is 387 g/mol. The van der Waals surface area contributed by atoms with E-state index in [4.69, 9.17) is 16.3 Å². The number of hydrogen-bond acceptors (Lipinski definition) is 5. The quantitative estimate of drug-likeness (QED) is 0.396. The van der Waals surface area contributed by atoms with Crippen molar-refractivity contribution in [2.75, 3.05) is 12.4 Å². The molecule has 1 amide bonds. The highest BCUT2D eigenvalue weighted by molar-refractivity contribution is 7.22. The van der Waals surface area contributed by atoms with Gasteiger partial charge in [-0.05, 0) is 37.3 Å². The summed E-state index contributed by atoms with van der Waals surface area (Å²) in [4.78, 5) is 28.9. The number of thiazole rings is 1. The number of Topliss-reactive ketones (excluding diaryl/α,β-unsaturated/α-hetero) is 1. The Morgan fingerprint density at radius 3 is 2.73 bits per heavy atom. The lowest BCUT2D eigenvalue weighted by Crippen LogP contribution is -2.18. The fourth-order valence-corrected chi connectivity index (χ4v) is 3.52. The van der Waals surface area contributed by atoms with Gasteiger partial charge in [-0.2, -0.15) is 0 Å². The number of para-hydroxylation sites is 1. The van der Waals surface area contributed by atoms with E-state index < -0.39 is 5.91 Å². The van der Waals surface area contributed by atoms with Crippen molar-refractivity contribution in [2.45, 2.75) is 6.92 Å². The number of halogens is 1. The summed E-state index contributed by atoms with van der Waals surface area (Å²) >= 11 is 7.26. The van der Waals surface area contributed by atoms with Crippen molar-refractivity contribution in [3.8, 4) is 5.75 Å². The second-order valence-corrected chi connectivity index (χ2v) is 6.91. The maximum Gasteiger partial charge on any atom is 0.261 e. The van der Waals surface area contributed by atoms with Crippen LogP contribution >= 0.6 is 22.9 Å². The number of anilines is 1. The number of aromatic nitrogens is 1. The van der Waals surface area contributed by atoms with Crippen LogP contribution in [0.5, 0.6) is 5.75 Å². The topological polar surface area (TPSA) is 68.3 Å². The molecule has 0 spiro atoms. The molecule has 0 aliphatic carbocycles. The van der Waals surface area contributed by atoms with Crippen molar-refractivity contribution < 1.29 is 14.3 Å². The van der Waals surface area contributed by atoms with Gasteiger partial charge in [0.15, 0.2) is 10.9 Å². The minimum Gasteiger partial charge on any atom is -0.496 e. The number of rotatable bonds is 5. The summed E-state index contributed by atoms with van der Waals surface area (Å²) in [5.74, 6) is -0.292. The Hall–Kier alpha value is -2.70. The van der Waals surface area contributed by atoms with Gasteiger partial charge in [0.1, 0.15) is 5.75 Å². The van der Waals surface area contributed by atoms with Crippen molar-refractivity contribution in [3.05, 3.63) is 58.6 Å². The molecule has 132 valence electrons. The number of ether oxygens (including phenoxy) is 1. The zero-order valence-corrected chi connectivity index (χ0v) is 15.6. The molecule has 0 radical (unpaired) electrons. The molecule has 3 aromatic rings. The Bertz CT molecular complexity index is 1030. The van der Waals surface area contributed by atoms with Crippen LogP contribution in [0.3, 0.4) is 0 Å². The predicted molar refractivity (Wildman–Crippen MR) is 105 cm³/mol. The van der Waals surface area contributed by atoms with Crippen LogP contribution in [0, 0.1) is 0 Å². The molecule has 3 rings (SSSR count). The molecule has 0 saturated carbocycles. The second kappa shape index (κ2) is 7.68. The number of hydrogen-bond donors (Lipinski definition) is 1. The average Bonchev–Trinajstić information content (AvgIpc) is 3.00. The van der Waals surface area contributed by atoms with Gasteiger partial charge in [-0.3, -0.25) is 14.9 Å². The molecule has 0 unspecified atom stereocenters. The molecule has 0 aliphatic heterocycles. The number of amides is 1. The van der Waals surface area contributed by atoms with Crippen LogP contribution in [0.2, 0.25) is 5.02 Å². The van der Waals surface area contributed by atoms with E-state index in [1.54, 1.807) is 36.4 Å². The Labute approximate surface area is 159 Å². The standard InChI is InChI=1S/C19H15ClN2O3S/c1-11(23)14(9-12-5-3-4-6-16(12)25-2)18(24)22-19-21-15-8-7-13(20)10-17(15)26-19/h3-10H,1-2H3,(H,21,22,24)/b14-9+. The molecule has 0 saturated heterocycles. The van der Waals surface area contributed by atoms with E-state index in [-0.39, 0.29) is 11.4 Å². The SMILES string of the molecule is COc1ccccc1/C=C(\C(C)=O)C(=O)Nc1nc2ccc(Cl)cc2s1. The van der Waals surface area contributed by atoms with E-state index in [0.717, 1.165) is 10.2 Å². The summed E-state index contributed by atoms with van der Waals surface area (Å²) in [6.07, 6.45) is 1.51. The van der Waals surface area contributed by atoms with Gasteiger partial charge in [0.25, 0.3) is 5.91 Å². The van der Waals surface area contributed by atoms with E-state index in [0.29, 0.717) is 21.5 Å². The molecule has 1 aromatic heterocycles. The van der Waals surface area contributed by atoms with E-state index in [1.807, 2.05) is 6.07 Å². The molecule has 0 atom stereocenters. The highest BCUT2D eigenvalue weighted by Gasteiger charge is 2.17. The van der Waals surface area contributed by atoms with Gasteiger partial charge >= 0.3 is 0 Å². The zero-order valence-electron chi connectivity index (χ0n) is 14.1. The molecule has 7 heteroatoms. The fourth-order valence-electron chi connectivity index (χ4n) is 2.38. The number of carbonyl (C=O) groups is 2. The Kier molecular flexibility index (Phi) is 5.35. The van der Waals surface area contributed by atoms with Gasteiger partial charge in [-0.25, -0.2) is 4.98 Å². The molecule has 5 nitrogen and oxygen atoms in total. The van der Waals surface area contributed by atoms with Crippen LogP contribution in [0.15, 0.2) is 48.0 Å². The van der Waals surface area contributed by atoms with Crippen molar-refractivity contribution >= 4 is 56.1 Å². The number of methoxy groups -OCH3 is 1. The predicted octanol–water partition coefficient (Wildman–Crippen LogP) is 4.57. The first-order valence-electron chi connectivity index (χ1n) is 7.71. The summed E-state index contributed by atoms with van der Waals surface area (Å²) in [6.45, 7) is 1.35. The third-order valence-electron chi connectivity index (χ3n) is 3.63. The summed E-state index contributed by atoms with van der Waals surface area (Å²) in [5, 5.41) is 3.68.